The zero-order valence-electron chi connectivity index (χ0n) is 14.2. The SMILES string of the molecule is CCC(=O)NCCN(CC(=O)O)C(=O)Cn1cnc2c(NP)ncnc21. The molecule has 0 spiro atoms. The third-order valence-electron chi connectivity index (χ3n) is 3.55. The largest absolute Gasteiger partial charge is 0.480 e. The Morgan fingerprint density at radius 1 is 1.31 bits per heavy atom. The zero-order chi connectivity index (χ0) is 19.1. The van der Waals surface area contributed by atoms with E-state index < -0.39 is 18.4 Å². The first-order chi connectivity index (χ1) is 12.5. The molecule has 2 heterocycles. The van der Waals surface area contributed by atoms with Crippen LogP contribution in [0.3, 0.4) is 0 Å². The van der Waals surface area contributed by atoms with Crippen LogP contribution in [0.25, 0.3) is 11.2 Å². The molecule has 2 aromatic rings. The van der Waals surface area contributed by atoms with Gasteiger partial charge < -0.3 is 25.0 Å². The van der Waals surface area contributed by atoms with Crippen molar-refractivity contribution in [3.8, 4) is 0 Å². The van der Waals surface area contributed by atoms with E-state index in [1.165, 1.54) is 22.1 Å². The van der Waals surface area contributed by atoms with Gasteiger partial charge in [0.1, 0.15) is 19.4 Å². The Kier molecular flexibility index (Phi) is 6.79. The summed E-state index contributed by atoms with van der Waals surface area (Å²) in [5.41, 5.74) is 0.947. The van der Waals surface area contributed by atoms with E-state index in [0.29, 0.717) is 23.4 Å². The second kappa shape index (κ2) is 9.04. The van der Waals surface area contributed by atoms with E-state index in [9.17, 15) is 14.4 Å². The van der Waals surface area contributed by atoms with Gasteiger partial charge in [0.05, 0.1) is 6.33 Å². The Balaban J connectivity index is 2.11. The molecule has 140 valence electrons. The van der Waals surface area contributed by atoms with Crippen LogP contribution in [0.4, 0.5) is 5.82 Å². The van der Waals surface area contributed by atoms with Gasteiger partial charge in [-0.05, 0) is 9.39 Å². The van der Waals surface area contributed by atoms with Gasteiger partial charge in [-0.25, -0.2) is 15.0 Å². The number of hydrogen-bond acceptors (Lipinski definition) is 7. The maximum absolute atomic E-state index is 12.5. The van der Waals surface area contributed by atoms with Gasteiger partial charge in [0.15, 0.2) is 17.0 Å². The van der Waals surface area contributed by atoms with E-state index in [4.69, 9.17) is 5.11 Å². The summed E-state index contributed by atoms with van der Waals surface area (Å²) < 4.78 is 1.52. The van der Waals surface area contributed by atoms with Crippen molar-refractivity contribution in [2.24, 2.45) is 0 Å². The molecule has 0 saturated carbocycles. The van der Waals surface area contributed by atoms with Crippen LogP contribution in [0.2, 0.25) is 0 Å². The van der Waals surface area contributed by atoms with Gasteiger partial charge in [0.25, 0.3) is 0 Å². The standard InChI is InChI=1S/C14H20N7O4P/c1-2-9(22)15-3-4-20(6-11(24)25)10(23)5-21-8-18-12-13(19-26)16-7-17-14(12)21/h7-8H,2-6,26H2,1H3,(H,15,22)(H,24,25)(H,16,17,19). The lowest BCUT2D eigenvalue weighted by molar-refractivity contribution is -0.144. The summed E-state index contributed by atoms with van der Waals surface area (Å²) in [6, 6.07) is 0. The molecule has 0 fully saturated rings. The van der Waals surface area contributed by atoms with Crippen molar-refractivity contribution in [2.75, 3.05) is 24.7 Å². The zero-order valence-corrected chi connectivity index (χ0v) is 15.3. The van der Waals surface area contributed by atoms with E-state index in [0.717, 1.165) is 0 Å². The summed E-state index contributed by atoms with van der Waals surface area (Å²) in [6.07, 6.45) is 3.10. The Bertz CT molecular complexity index is 810. The van der Waals surface area contributed by atoms with Crippen LogP contribution in [0.5, 0.6) is 0 Å². The number of aliphatic carboxylic acids is 1. The number of nitrogens with one attached hydrogen (secondary N) is 2. The minimum Gasteiger partial charge on any atom is -0.480 e. The van der Waals surface area contributed by atoms with Crippen molar-refractivity contribution in [3.63, 3.8) is 0 Å². The van der Waals surface area contributed by atoms with Gasteiger partial charge in [-0.2, -0.15) is 0 Å². The highest BCUT2D eigenvalue weighted by Crippen LogP contribution is 2.18. The lowest BCUT2D eigenvalue weighted by atomic mass is 10.4. The first-order valence-electron chi connectivity index (χ1n) is 7.85. The van der Waals surface area contributed by atoms with Gasteiger partial charge in [-0.3, -0.25) is 14.4 Å². The Hall–Kier alpha value is -2.81. The number of amides is 2. The number of carboxylic acids is 1. The highest BCUT2D eigenvalue weighted by molar-refractivity contribution is 7.18. The number of nitrogens with zero attached hydrogens (tertiary/aromatic N) is 5. The number of anilines is 1. The molecule has 3 N–H and O–H groups in total. The van der Waals surface area contributed by atoms with Crippen LogP contribution in [-0.2, 0) is 20.9 Å². The molecule has 2 rings (SSSR count). The van der Waals surface area contributed by atoms with Crippen molar-refractivity contribution in [2.45, 2.75) is 19.9 Å². The van der Waals surface area contributed by atoms with Gasteiger partial charge in [0, 0.05) is 19.5 Å². The third kappa shape index (κ3) is 4.85. The molecule has 12 heteroatoms. The van der Waals surface area contributed by atoms with Crippen molar-refractivity contribution in [3.05, 3.63) is 12.7 Å². The molecule has 0 radical (unpaired) electrons. The topological polar surface area (TPSA) is 142 Å². The van der Waals surface area contributed by atoms with Crippen molar-refractivity contribution >= 4 is 44.2 Å². The lowest BCUT2D eigenvalue weighted by Crippen LogP contribution is -2.42. The summed E-state index contributed by atoms with van der Waals surface area (Å²) in [6.45, 7) is 1.40. The number of hydrogen-bond donors (Lipinski definition) is 3. The minimum atomic E-state index is -1.13. The number of carboxylic acid groups (broad SMARTS) is 1. The second-order valence-corrected chi connectivity index (χ2v) is 5.61. The van der Waals surface area contributed by atoms with Gasteiger partial charge in [0.2, 0.25) is 11.8 Å². The second-order valence-electron chi connectivity index (χ2n) is 5.32. The van der Waals surface area contributed by atoms with E-state index in [1.807, 2.05) is 0 Å². The van der Waals surface area contributed by atoms with Crippen LogP contribution in [0.15, 0.2) is 12.7 Å². The maximum atomic E-state index is 12.5. The molecular formula is C14H20N7O4P. The number of imidazole rings is 1. The highest BCUT2D eigenvalue weighted by Gasteiger charge is 2.19. The Labute approximate surface area is 151 Å². The predicted octanol–water partition coefficient (Wildman–Crippen LogP) is -0.532. The summed E-state index contributed by atoms with van der Waals surface area (Å²) in [4.78, 5) is 48.3. The van der Waals surface area contributed by atoms with Crippen LogP contribution in [0, 0.1) is 0 Å². The number of carbonyl (C=O) groups is 3. The molecule has 0 bridgehead atoms. The third-order valence-corrected chi connectivity index (χ3v) is 3.82. The van der Waals surface area contributed by atoms with E-state index in [1.54, 1.807) is 6.92 Å². The Morgan fingerprint density at radius 3 is 2.73 bits per heavy atom. The minimum absolute atomic E-state index is 0.0941. The summed E-state index contributed by atoms with van der Waals surface area (Å²) in [7, 11) is 2.31. The molecular weight excluding hydrogens is 361 g/mol. The fourth-order valence-corrected chi connectivity index (χ4v) is 2.47. The van der Waals surface area contributed by atoms with Crippen LogP contribution >= 0.6 is 9.39 Å². The summed E-state index contributed by atoms with van der Waals surface area (Å²) in [5, 5.41) is 14.4. The first kappa shape index (κ1) is 19.5. The number of aromatic nitrogens is 4. The molecule has 0 saturated heterocycles. The average molecular weight is 381 g/mol. The smallest absolute Gasteiger partial charge is 0.323 e. The summed E-state index contributed by atoms with van der Waals surface area (Å²) in [5.74, 6) is -1.22. The number of rotatable bonds is 9. The molecule has 2 aromatic heterocycles. The molecule has 1 atom stereocenters. The van der Waals surface area contributed by atoms with E-state index in [-0.39, 0.29) is 25.5 Å². The average Bonchev–Trinajstić information content (AvgIpc) is 3.03. The Morgan fingerprint density at radius 2 is 2.08 bits per heavy atom. The fourth-order valence-electron chi connectivity index (χ4n) is 2.26. The van der Waals surface area contributed by atoms with Crippen molar-refractivity contribution < 1.29 is 19.5 Å². The lowest BCUT2D eigenvalue weighted by Gasteiger charge is -2.21. The normalized spacial score (nSPS) is 10.5. The molecule has 0 aromatic carbocycles. The van der Waals surface area contributed by atoms with Crippen LogP contribution < -0.4 is 10.4 Å². The van der Waals surface area contributed by atoms with Gasteiger partial charge in [-0.15, -0.1) is 0 Å². The molecule has 0 aliphatic heterocycles. The summed E-state index contributed by atoms with van der Waals surface area (Å²) >= 11 is 0. The molecule has 0 aliphatic carbocycles. The first-order valence-corrected chi connectivity index (χ1v) is 8.42. The molecule has 26 heavy (non-hydrogen) atoms. The predicted molar refractivity (Wildman–Crippen MR) is 96.2 cm³/mol. The molecule has 1 unspecified atom stereocenters. The van der Waals surface area contributed by atoms with Crippen molar-refractivity contribution in [1.29, 1.82) is 0 Å². The van der Waals surface area contributed by atoms with Gasteiger partial charge in [-0.1, -0.05) is 6.92 Å². The quantitative estimate of drug-likeness (QED) is 0.492. The fraction of sp³-hybridized carbons (Fsp3) is 0.429. The molecule has 2 amide bonds. The van der Waals surface area contributed by atoms with Gasteiger partial charge >= 0.3 is 5.97 Å². The van der Waals surface area contributed by atoms with Crippen LogP contribution in [-0.4, -0.2) is 66.9 Å². The van der Waals surface area contributed by atoms with Crippen LogP contribution in [0.1, 0.15) is 13.3 Å². The van der Waals surface area contributed by atoms with E-state index in [2.05, 4.69) is 34.7 Å². The van der Waals surface area contributed by atoms with Crippen molar-refractivity contribution in [1.82, 2.24) is 29.7 Å². The number of carbonyl (C=O) groups excluding carboxylic acids is 2. The molecule has 11 nitrogen and oxygen atoms in total. The highest BCUT2D eigenvalue weighted by atomic mass is 31.0. The van der Waals surface area contributed by atoms with E-state index >= 15 is 0 Å². The monoisotopic (exact) mass is 381 g/mol. The molecule has 0 aliphatic rings. The maximum Gasteiger partial charge on any atom is 0.323 e. The number of fused-ring (bicyclic) bond motifs is 1.